The summed E-state index contributed by atoms with van der Waals surface area (Å²) in [6.07, 6.45) is 14.9. The van der Waals surface area contributed by atoms with Crippen molar-refractivity contribution in [2.75, 3.05) is 13.7 Å². The summed E-state index contributed by atoms with van der Waals surface area (Å²) in [5.74, 6) is 0. The number of hydrogen-bond acceptors (Lipinski definition) is 1. The van der Waals surface area contributed by atoms with Crippen molar-refractivity contribution in [2.45, 2.75) is 51.4 Å². The molecule has 0 unspecified atom stereocenters. The van der Waals surface area contributed by atoms with Crippen molar-refractivity contribution in [1.82, 2.24) is 0 Å². The van der Waals surface area contributed by atoms with Crippen LogP contribution >= 0.6 is 0 Å². The molecular weight excluding hydrogens is 349 g/mol. The molecule has 110 valence electrons. The molecule has 0 atom stereocenters. The van der Waals surface area contributed by atoms with Crippen LogP contribution in [0.3, 0.4) is 0 Å². The fourth-order valence-corrected chi connectivity index (χ4v) is 2.16. The maximum absolute atomic E-state index is 5.04. The summed E-state index contributed by atoms with van der Waals surface area (Å²) in [7, 11) is 3.84. The molecule has 0 fully saturated rings. The van der Waals surface area contributed by atoms with Crippen LogP contribution in [0.5, 0.6) is 0 Å². The second kappa shape index (κ2) is 12.9. The number of halogens is 1. The highest BCUT2D eigenvalue weighted by molar-refractivity contribution is 5.06. The van der Waals surface area contributed by atoms with E-state index >= 15 is 0 Å². The third kappa shape index (κ3) is 10.3. The zero-order valence-electron chi connectivity index (χ0n) is 12.4. The van der Waals surface area contributed by atoms with Crippen molar-refractivity contribution in [3.05, 3.63) is 30.1 Å². The van der Waals surface area contributed by atoms with Crippen LogP contribution in [0.15, 0.2) is 24.5 Å². The van der Waals surface area contributed by atoms with Crippen molar-refractivity contribution in [3.63, 3.8) is 0 Å². The predicted molar refractivity (Wildman–Crippen MR) is 75.5 cm³/mol. The van der Waals surface area contributed by atoms with E-state index < -0.39 is 0 Å². The molecule has 1 aromatic heterocycles. The molecule has 0 amide bonds. The average molecular weight is 377 g/mol. The highest BCUT2D eigenvalue weighted by atomic mass is 127. The lowest BCUT2D eigenvalue weighted by atomic mass is 10.1. The summed E-state index contributed by atoms with van der Waals surface area (Å²) in [6.45, 7) is 0.922. The SMILES string of the molecule is COCCCCCCCCCc1cc[n+](C)cc1.[I-]. The molecule has 1 rings (SSSR count). The highest BCUT2D eigenvalue weighted by Crippen LogP contribution is 2.09. The number of hydrogen-bond donors (Lipinski definition) is 0. The van der Waals surface area contributed by atoms with Gasteiger partial charge in [0.1, 0.15) is 7.05 Å². The minimum Gasteiger partial charge on any atom is -1.00 e. The molecule has 0 aliphatic carbocycles. The maximum atomic E-state index is 5.04. The Labute approximate surface area is 135 Å². The molecule has 0 N–H and O–H groups in total. The lowest BCUT2D eigenvalue weighted by Gasteiger charge is -2.02. The van der Waals surface area contributed by atoms with Crippen LogP contribution in [0, 0.1) is 0 Å². The van der Waals surface area contributed by atoms with E-state index in [0.717, 1.165) is 6.61 Å². The minimum atomic E-state index is 0. The maximum Gasteiger partial charge on any atom is 0.168 e. The van der Waals surface area contributed by atoms with Gasteiger partial charge in [0.2, 0.25) is 0 Å². The van der Waals surface area contributed by atoms with E-state index in [4.69, 9.17) is 4.74 Å². The van der Waals surface area contributed by atoms with Crippen molar-refractivity contribution in [3.8, 4) is 0 Å². The summed E-state index contributed by atoms with van der Waals surface area (Å²) >= 11 is 0. The van der Waals surface area contributed by atoms with Gasteiger partial charge in [0.15, 0.2) is 12.4 Å². The first-order chi connectivity index (χ1) is 8.83. The van der Waals surface area contributed by atoms with Crippen LogP contribution < -0.4 is 28.5 Å². The molecule has 0 aliphatic rings. The molecule has 0 radical (unpaired) electrons. The van der Waals surface area contributed by atoms with Crippen molar-refractivity contribution >= 4 is 0 Å². The lowest BCUT2D eigenvalue weighted by Crippen LogP contribution is -3.00. The van der Waals surface area contributed by atoms with E-state index in [1.165, 1.54) is 56.9 Å². The molecular formula is C16H28INO. The summed E-state index contributed by atoms with van der Waals surface area (Å²) in [6, 6.07) is 4.45. The third-order valence-corrected chi connectivity index (χ3v) is 3.36. The highest BCUT2D eigenvalue weighted by Gasteiger charge is 1.96. The van der Waals surface area contributed by atoms with Crippen LogP contribution in [0.4, 0.5) is 0 Å². The smallest absolute Gasteiger partial charge is 0.168 e. The number of ether oxygens (including phenoxy) is 1. The molecule has 0 saturated carbocycles. The standard InChI is InChI=1S/C16H28NO.HI/c1-17-13-11-16(12-14-17)10-8-6-4-3-5-7-9-15-18-2;/h11-14H,3-10,15H2,1-2H3;1H/q+1;/p-1. The molecule has 0 aliphatic heterocycles. The van der Waals surface area contributed by atoms with E-state index in [1.54, 1.807) is 7.11 Å². The predicted octanol–water partition coefficient (Wildman–Crippen LogP) is 0.435. The van der Waals surface area contributed by atoms with Gasteiger partial charge in [0.05, 0.1) is 0 Å². The molecule has 19 heavy (non-hydrogen) atoms. The van der Waals surface area contributed by atoms with E-state index in [0.29, 0.717) is 0 Å². The Morgan fingerprint density at radius 2 is 1.42 bits per heavy atom. The summed E-state index contributed by atoms with van der Waals surface area (Å²) in [4.78, 5) is 0. The molecule has 0 aromatic carbocycles. The van der Waals surface area contributed by atoms with Gasteiger partial charge in [-0.25, -0.2) is 4.57 Å². The van der Waals surface area contributed by atoms with Gasteiger partial charge in [0.25, 0.3) is 0 Å². The number of aromatic nitrogens is 1. The largest absolute Gasteiger partial charge is 1.00 e. The number of pyridine rings is 1. The first-order valence-electron chi connectivity index (χ1n) is 7.26. The van der Waals surface area contributed by atoms with Gasteiger partial charge in [-0.3, -0.25) is 0 Å². The normalized spacial score (nSPS) is 10.2. The van der Waals surface area contributed by atoms with E-state index in [2.05, 4.69) is 36.1 Å². The molecule has 2 nitrogen and oxygen atoms in total. The minimum absolute atomic E-state index is 0. The fourth-order valence-electron chi connectivity index (χ4n) is 2.16. The lowest BCUT2D eigenvalue weighted by molar-refractivity contribution is -0.671. The van der Waals surface area contributed by atoms with Gasteiger partial charge in [-0.2, -0.15) is 0 Å². The van der Waals surface area contributed by atoms with Crippen molar-refractivity contribution < 1.29 is 33.3 Å². The van der Waals surface area contributed by atoms with Gasteiger partial charge in [-0.05, 0) is 24.8 Å². The Balaban J connectivity index is 0.00000324. The number of unbranched alkanes of at least 4 members (excludes halogenated alkanes) is 6. The molecule has 0 spiro atoms. The topological polar surface area (TPSA) is 13.1 Å². The van der Waals surface area contributed by atoms with Crippen LogP contribution in [0.1, 0.15) is 50.5 Å². The van der Waals surface area contributed by atoms with Crippen LogP contribution in [0.25, 0.3) is 0 Å². The summed E-state index contributed by atoms with van der Waals surface area (Å²) < 4.78 is 7.13. The number of nitrogens with zero attached hydrogens (tertiary/aromatic N) is 1. The van der Waals surface area contributed by atoms with Gasteiger partial charge in [-0.15, -0.1) is 0 Å². The monoisotopic (exact) mass is 377 g/mol. The average Bonchev–Trinajstić information content (AvgIpc) is 2.39. The van der Waals surface area contributed by atoms with E-state index in [-0.39, 0.29) is 24.0 Å². The molecule has 1 aromatic rings. The Bertz CT molecular complexity index is 300. The quantitative estimate of drug-likeness (QED) is 0.328. The Hall–Kier alpha value is -0.160. The van der Waals surface area contributed by atoms with Gasteiger partial charge >= 0.3 is 0 Å². The van der Waals surface area contributed by atoms with Crippen molar-refractivity contribution in [1.29, 1.82) is 0 Å². The van der Waals surface area contributed by atoms with E-state index in [1.807, 2.05) is 0 Å². The van der Waals surface area contributed by atoms with Crippen molar-refractivity contribution in [2.24, 2.45) is 7.05 Å². The van der Waals surface area contributed by atoms with Crippen LogP contribution in [-0.4, -0.2) is 13.7 Å². The number of aryl methyl sites for hydroxylation is 2. The first-order valence-corrected chi connectivity index (χ1v) is 7.26. The fraction of sp³-hybridized carbons (Fsp3) is 0.688. The summed E-state index contributed by atoms with van der Waals surface area (Å²) in [5.41, 5.74) is 1.47. The number of methoxy groups -OCH3 is 1. The van der Waals surface area contributed by atoms with Gasteiger partial charge in [0, 0.05) is 25.8 Å². The summed E-state index contributed by atoms with van der Waals surface area (Å²) in [5, 5.41) is 0. The molecule has 1 heterocycles. The van der Waals surface area contributed by atoms with E-state index in [9.17, 15) is 0 Å². The Morgan fingerprint density at radius 1 is 0.895 bits per heavy atom. The number of rotatable bonds is 10. The Kier molecular flexibility index (Phi) is 12.7. The van der Waals surface area contributed by atoms with Crippen LogP contribution in [-0.2, 0) is 18.2 Å². The first kappa shape index (κ1) is 18.8. The molecule has 0 saturated heterocycles. The molecule has 3 heteroatoms. The Morgan fingerprint density at radius 3 is 2.00 bits per heavy atom. The zero-order chi connectivity index (χ0) is 13.1. The van der Waals surface area contributed by atoms with Crippen LogP contribution in [0.2, 0.25) is 0 Å². The third-order valence-electron chi connectivity index (χ3n) is 3.36. The van der Waals surface area contributed by atoms with Gasteiger partial charge in [-0.1, -0.05) is 32.1 Å². The zero-order valence-corrected chi connectivity index (χ0v) is 14.6. The van der Waals surface area contributed by atoms with Gasteiger partial charge < -0.3 is 28.7 Å². The second-order valence-electron chi connectivity index (χ2n) is 5.09. The second-order valence-corrected chi connectivity index (χ2v) is 5.09. The molecule has 0 bridgehead atoms.